The van der Waals surface area contributed by atoms with Gasteiger partial charge in [0, 0.05) is 22.2 Å². The van der Waals surface area contributed by atoms with Crippen LogP contribution >= 0.6 is 34.7 Å². The molecule has 3 nitrogen and oxygen atoms in total. The monoisotopic (exact) mass is 349 g/mol. The van der Waals surface area contributed by atoms with E-state index in [0.29, 0.717) is 0 Å². The van der Waals surface area contributed by atoms with Crippen LogP contribution in [0.4, 0.5) is 0 Å². The van der Waals surface area contributed by atoms with Crippen molar-refractivity contribution >= 4 is 34.7 Å². The molecule has 0 aliphatic rings. The fourth-order valence-electron chi connectivity index (χ4n) is 2.18. The molecule has 0 N–H and O–H groups in total. The van der Waals surface area contributed by atoms with E-state index >= 15 is 0 Å². The van der Waals surface area contributed by atoms with Crippen LogP contribution in [0.2, 0.25) is 5.02 Å². The van der Waals surface area contributed by atoms with Gasteiger partial charge in [-0.2, -0.15) is 0 Å². The molecule has 0 saturated heterocycles. The normalized spacial score (nSPS) is 11.0. The van der Waals surface area contributed by atoms with E-state index in [0.717, 1.165) is 38.7 Å². The predicted molar refractivity (Wildman–Crippen MR) is 94.8 cm³/mol. The Labute approximate surface area is 143 Å². The molecule has 1 aromatic carbocycles. The molecule has 0 aliphatic heterocycles. The Morgan fingerprint density at radius 2 is 2.00 bits per heavy atom. The van der Waals surface area contributed by atoms with Gasteiger partial charge in [-0.15, -0.1) is 21.5 Å². The maximum atomic E-state index is 6.21. The van der Waals surface area contributed by atoms with Crippen LogP contribution in [-0.4, -0.2) is 14.8 Å². The Morgan fingerprint density at radius 3 is 2.68 bits per heavy atom. The number of aromatic nitrogens is 3. The summed E-state index contributed by atoms with van der Waals surface area (Å²) in [5.41, 5.74) is 1.12. The fourth-order valence-corrected chi connectivity index (χ4v) is 4.32. The van der Waals surface area contributed by atoms with Gasteiger partial charge in [-0.05, 0) is 37.6 Å². The molecule has 0 amide bonds. The first kappa shape index (κ1) is 15.6. The SMILES string of the molecule is CCn1c(SCc2ccccc2Cl)nnc1-c1ccc(C)s1. The average molecular weight is 350 g/mol. The third-order valence-corrected chi connectivity index (χ3v) is 5.69. The molecule has 0 spiro atoms. The number of thioether (sulfide) groups is 1. The van der Waals surface area contributed by atoms with Crippen LogP contribution in [0, 0.1) is 6.92 Å². The van der Waals surface area contributed by atoms with Crippen LogP contribution in [0.1, 0.15) is 17.4 Å². The van der Waals surface area contributed by atoms with E-state index in [1.165, 1.54) is 4.88 Å². The van der Waals surface area contributed by atoms with Gasteiger partial charge in [-0.1, -0.05) is 41.6 Å². The van der Waals surface area contributed by atoms with Crippen molar-refractivity contribution in [2.24, 2.45) is 0 Å². The highest BCUT2D eigenvalue weighted by Gasteiger charge is 2.14. The first-order valence-corrected chi connectivity index (χ1v) is 9.23. The first-order valence-electron chi connectivity index (χ1n) is 7.05. The van der Waals surface area contributed by atoms with Crippen molar-refractivity contribution in [3.8, 4) is 10.7 Å². The van der Waals surface area contributed by atoms with Gasteiger partial charge in [0.05, 0.1) is 4.88 Å². The van der Waals surface area contributed by atoms with Crippen molar-refractivity contribution < 1.29 is 0 Å². The van der Waals surface area contributed by atoms with Crippen molar-refractivity contribution in [2.75, 3.05) is 0 Å². The molecule has 0 bridgehead atoms. The Balaban J connectivity index is 1.83. The maximum Gasteiger partial charge on any atom is 0.191 e. The zero-order valence-electron chi connectivity index (χ0n) is 12.4. The van der Waals surface area contributed by atoms with Crippen LogP contribution in [-0.2, 0) is 12.3 Å². The topological polar surface area (TPSA) is 30.7 Å². The lowest BCUT2D eigenvalue weighted by atomic mass is 10.2. The second-order valence-electron chi connectivity index (χ2n) is 4.84. The van der Waals surface area contributed by atoms with Gasteiger partial charge >= 0.3 is 0 Å². The van der Waals surface area contributed by atoms with Gasteiger partial charge in [-0.3, -0.25) is 0 Å². The minimum absolute atomic E-state index is 0.793. The second kappa shape index (κ2) is 6.86. The van der Waals surface area contributed by atoms with Gasteiger partial charge in [-0.25, -0.2) is 0 Å². The van der Waals surface area contributed by atoms with Crippen molar-refractivity contribution in [3.63, 3.8) is 0 Å². The molecule has 2 heterocycles. The largest absolute Gasteiger partial charge is 0.302 e. The predicted octanol–water partition coefficient (Wildman–Crippen LogP) is 5.28. The quantitative estimate of drug-likeness (QED) is 0.587. The smallest absolute Gasteiger partial charge is 0.191 e. The zero-order chi connectivity index (χ0) is 15.5. The summed E-state index contributed by atoms with van der Waals surface area (Å²) in [4.78, 5) is 2.45. The van der Waals surface area contributed by atoms with E-state index < -0.39 is 0 Å². The lowest BCUT2D eigenvalue weighted by Gasteiger charge is -2.07. The van der Waals surface area contributed by atoms with Crippen LogP contribution in [0.5, 0.6) is 0 Å². The Bertz CT molecular complexity index is 779. The third kappa shape index (κ3) is 3.21. The standard InChI is InChI=1S/C16H16ClN3S2/c1-3-20-15(14-9-8-11(2)22-14)18-19-16(20)21-10-12-6-4-5-7-13(12)17/h4-9H,3,10H2,1-2H3. The number of benzene rings is 1. The number of aryl methyl sites for hydroxylation is 1. The summed E-state index contributed by atoms with van der Waals surface area (Å²) in [6, 6.07) is 12.1. The van der Waals surface area contributed by atoms with Crippen LogP contribution in [0.25, 0.3) is 10.7 Å². The van der Waals surface area contributed by atoms with E-state index in [4.69, 9.17) is 11.6 Å². The Kier molecular flexibility index (Phi) is 4.86. The molecule has 22 heavy (non-hydrogen) atoms. The summed E-state index contributed by atoms with van der Waals surface area (Å²) in [5, 5.41) is 10.5. The maximum absolute atomic E-state index is 6.21. The van der Waals surface area contributed by atoms with Gasteiger partial charge in [0.15, 0.2) is 11.0 Å². The fraction of sp³-hybridized carbons (Fsp3) is 0.250. The van der Waals surface area contributed by atoms with Gasteiger partial charge in [0.1, 0.15) is 0 Å². The van der Waals surface area contributed by atoms with Crippen molar-refractivity contribution in [1.29, 1.82) is 0 Å². The highest BCUT2D eigenvalue weighted by atomic mass is 35.5. The molecule has 0 saturated carbocycles. The zero-order valence-corrected chi connectivity index (χ0v) is 14.8. The lowest BCUT2D eigenvalue weighted by Crippen LogP contribution is -1.99. The van der Waals surface area contributed by atoms with E-state index in [1.54, 1.807) is 23.1 Å². The Hall–Kier alpha value is -1.30. The molecule has 0 radical (unpaired) electrons. The number of nitrogens with zero attached hydrogens (tertiary/aromatic N) is 3. The molecule has 0 atom stereocenters. The van der Waals surface area contributed by atoms with Crippen molar-refractivity contribution in [3.05, 3.63) is 51.9 Å². The van der Waals surface area contributed by atoms with Crippen LogP contribution in [0.3, 0.4) is 0 Å². The third-order valence-electron chi connectivity index (χ3n) is 3.31. The van der Waals surface area contributed by atoms with Gasteiger partial charge < -0.3 is 4.57 Å². The molecule has 3 aromatic rings. The molecule has 2 aromatic heterocycles. The minimum Gasteiger partial charge on any atom is -0.302 e. The highest BCUT2D eigenvalue weighted by molar-refractivity contribution is 7.98. The van der Waals surface area contributed by atoms with Crippen LogP contribution < -0.4 is 0 Å². The van der Waals surface area contributed by atoms with Gasteiger partial charge in [0.2, 0.25) is 0 Å². The number of hydrogen-bond donors (Lipinski definition) is 0. The minimum atomic E-state index is 0.793. The molecule has 114 valence electrons. The summed E-state index contributed by atoms with van der Waals surface area (Å²) in [7, 11) is 0. The number of hydrogen-bond acceptors (Lipinski definition) is 4. The molecule has 0 aliphatic carbocycles. The molecular formula is C16H16ClN3S2. The number of thiophene rings is 1. The van der Waals surface area contributed by atoms with Crippen LogP contribution in [0.15, 0.2) is 41.6 Å². The number of halogens is 1. The van der Waals surface area contributed by atoms with E-state index in [2.05, 4.69) is 40.7 Å². The van der Waals surface area contributed by atoms with E-state index in [9.17, 15) is 0 Å². The molecule has 0 unspecified atom stereocenters. The Morgan fingerprint density at radius 1 is 1.18 bits per heavy atom. The van der Waals surface area contributed by atoms with Gasteiger partial charge in [0.25, 0.3) is 0 Å². The summed E-state index contributed by atoms with van der Waals surface area (Å²) < 4.78 is 2.16. The lowest BCUT2D eigenvalue weighted by molar-refractivity contribution is 0.688. The van der Waals surface area contributed by atoms with E-state index in [-0.39, 0.29) is 0 Å². The molecule has 6 heteroatoms. The summed E-state index contributed by atoms with van der Waals surface area (Å²) in [5.74, 6) is 1.74. The van der Waals surface area contributed by atoms with Crippen molar-refractivity contribution in [2.45, 2.75) is 31.3 Å². The summed E-state index contributed by atoms with van der Waals surface area (Å²) >= 11 is 9.63. The molecule has 3 rings (SSSR count). The summed E-state index contributed by atoms with van der Waals surface area (Å²) in [6.45, 7) is 5.07. The van der Waals surface area contributed by atoms with Crippen molar-refractivity contribution in [1.82, 2.24) is 14.8 Å². The first-order chi connectivity index (χ1) is 10.7. The summed E-state index contributed by atoms with van der Waals surface area (Å²) in [6.07, 6.45) is 0. The van der Waals surface area contributed by atoms with E-state index in [1.807, 2.05) is 24.3 Å². The number of rotatable bonds is 5. The second-order valence-corrected chi connectivity index (χ2v) is 7.48. The average Bonchev–Trinajstić information content (AvgIpc) is 3.12. The molecule has 0 fully saturated rings. The molecular weight excluding hydrogens is 334 g/mol. The highest BCUT2D eigenvalue weighted by Crippen LogP contribution is 2.31.